The van der Waals surface area contributed by atoms with Crippen LogP contribution in [0.3, 0.4) is 0 Å². The lowest BCUT2D eigenvalue weighted by atomic mass is 10.1. The summed E-state index contributed by atoms with van der Waals surface area (Å²) in [6.45, 7) is 7.09. The largest absolute Gasteiger partial charge is 0.320 e. The molecule has 0 saturated carbocycles. The number of anilines is 1. The number of sulfonamides is 1. The molecular weight excluding hydrogens is 260 g/mol. The second-order valence-electron chi connectivity index (χ2n) is 5.25. The van der Waals surface area contributed by atoms with E-state index in [1.54, 1.807) is 26.8 Å². The summed E-state index contributed by atoms with van der Waals surface area (Å²) in [5, 5.41) is 0. The Morgan fingerprint density at radius 1 is 1.32 bits per heavy atom. The van der Waals surface area contributed by atoms with Crippen molar-refractivity contribution in [2.24, 2.45) is 5.73 Å². The third-order valence-electron chi connectivity index (χ3n) is 2.62. The molecule has 0 heterocycles. The molecular formula is C14H20N2O2S. The maximum Gasteiger partial charge on any atom is 0.237 e. The highest BCUT2D eigenvalue weighted by atomic mass is 32.2. The van der Waals surface area contributed by atoms with Gasteiger partial charge in [0.15, 0.2) is 0 Å². The summed E-state index contributed by atoms with van der Waals surface area (Å²) in [4.78, 5) is 0. The van der Waals surface area contributed by atoms with E-state index in [1.165, 1.54) is 0 Å². The maximum absolute atomic E-state index is 12.1. The van der Waals surface area contributed by atoms with Crippen LogP contribution in [0.2, 0.25) is 0 Å². The van der Waals surface area contributed by atoms with Gasteiger partial charge in [0.05, 0.1) is 17.0 Å². The highest BCUT2D eigenvalue weighted by Crippen LogP contribution is 2.23. The molecule has 0 saturated heterocycles. The monoisotopic (exact) mass is 280 g/mol. The van der Waals surface area contributed by atoms with Crippen molar-refractivity contribution in [2.45, 2.75) is 32.4 Å². The molecule has 0 radical (unpaired) electrons. The van der Waals surface area contributed by atoms with E-state index in [9.17, 15) is 8.42 Å². The Morgan fingerprint density at radius 2 is 1.95 bits per heavy atom. The predicted octanol–water partition coefficient (Wildman–Crippen LogP) is 1.85. The van der Waals surface area contributed by atoms with E-state index in [4.69, 9.17) is 5.73 Å². The lowest BCUT2D eigenvalue weighted by Gasteiger charge is -2.21. The Bertz CT molecular complexity index is 617. The van der Waals surface area contributed by atoms with E-state index < -0.39 is 14.8 Å². The van der Waals surface area contributed by atoms with Crippen molar-refractivity contribution in [3.63, 3.8) is 0 Å². The summed E-state index contributed by atoms with van der Waals surface area (Å²) in [6, 6.07) is 5.40. The zero-order chi connectivity index (χ0) is 14.7. The van der Waals surface area contributed by atoms with Gasteiger partial charge in [-0.05, 0) is 45.4 Å². The SMILES string of the molecule is Cc1ccc(C#CCN)cc1NS(=O)(=O)C(C)(C)C. The topological polar surface area (TPSA) is 72.2 Å². The van der Waals surface area contributed by atoms with Crippen LogP contribution in [0, 0.1) is 18.8 Å². The molecule has 0 amide bonds. The fourth-order valence-corrected chi connectivity index (χ4v) is 2.08. The Hall–Kier alpha value is -1.51. The first-order chi connectivity index (χ1) is 8.67. The summed E-state index contributed by atoms with van der Waals surface area (Å²) in [5.74, 6) is 5.63. The Balaban J connectivity index is 3.15. The van der Waals surface area contributed by atoms with Crippen molar-refractivity contribution < 1.29 is 8.42 Å². The molecule has 0 aliphatic carbocycles. The third kappa shape index (κ3) is 3.98. The fourth-order valence-electron chi connectivity index (χ4n) is 1.26. The van der Waals surface area contributed by atoms with Crippen LogP contribution in [0.1, 0.15) is 31.9 Å². The quantitative estimate of drug-likeness (QED) is 0.812. The molecule has 1 rings (SSSR count). The molecule has 0 atom stereocenters. The maximum atomic E-state index is 12.1. The number of nitrogens with two attached hydrogens (primary N) is 1. The van der Waals surface area contributed by atoms with Crippen molar-refractivity contribution in [2.75, 3.05) is 11.3 Å². The van der Waals surface area contributed by atoms with Crippen LogP contribution in [-0.4, -0.2) is 19.7 Å². The molecule has 1 aromatic carbocycles. The Kier molecular flexibility index (Phi) is 4.61. The lowest BCUT2D eigenvalue weighted by Crippen LogP contribution is -2.33. The molecule has 0 aliphatic heterocycles. The van der Waals surface area contributed by atoms with Gasteiger partial charge in [-0.3, -0.25) is 4.72 Å². The van der Waals surface area contributed by atoms with Gasteiger partial charge in [-0.25, -0.2) is 8.42 Å². The van der Waals surface area contributed by atoms with Crippen LogP contribution in [0.4, 0.5) is 5.69 Å². The zero-order valence-electron chi connectivity index (χ0n) is 11.7. The highest BCUT2D eigenvalue weighted by molar-refractivity contribution is 7.94. The van der Waals surface area contributed by atoms with Crippen LogP contribution in [0.15, 0.2) is 18.2 Å². The van der Waals surface area contributed by atoms with E-state index >= 15 is 0 Å². The molecule has 3 N–H and O–H groups in total. The molecule has 1 aromatic rings. The van der Waals surface area contributed by atoms with Crippen molar-refractivity contribution in [3.05, 3.63) is 29.3 Å². The Morgan fingerprint density at radius 3 is 2.47 bits per heavy atom. The molecule has 0 spiro atoms. The van der Waals surface area contributed by atoms with Gasteiger partial charge in [-0.2, -0.15) is 0 Å². The smallest absolute Gasteiger partial charge is 0.237 e. The van der Waals surface area contributed by atoms with Crippen molar-refractivity contribution >= 4 is 15.7 Å². The minimum absolute atomic E-state index is 0.275. The first-order valence-corrected chi connectivity index (χ1v) is 7.47. The number of rotatable bonds is 2. The number of nitrogens with one attached hydrogen (secondary N) is 1. The summed E-state index contributed by atoms with van der Waals surface area (Å²) in [7, 11) is -3.43. The van der Waals surface area contributed by atoms with Crippen LogP contribution >= 0.6 is 0 Å². The second kappa shape index (κ2) is 5.64. The van der Waals surface area contributed by atoms with E-state index in [-0.39, 0.29) is 6.54 Å². The van der Waals surface area contributed by atoms with Crippen LogP contribution in [0.25, 0.3) is 0 Å². The van der Waals surface area contributed by atoms with Crippen LogP contribution in [0.5, 0.6) is 0 Å². The van der Waals surface area contributed by atoms with Crippen LogP contribution in [-0.2, 0) is 10.0 Å². The van der Waals surface area contributed by atoms with Gasteiger partial charge < -0.3 is 5.73 Å². The molecule has 5 heteroatoms. The summed E-state index contributed by atoms with van der Waals surface area (Å²) in [5.41, 5.74) is 7.46. The normalized spacial score (nSPS) is 11.6. The average molecular weight is 280 g/mol. The van der Waals surface area contributed by atoms with Gasteiger partial charge in [0.25, 0.3) is 0 Å². The standard InChI is InChI=1S/C14H20N2O2S/c1-11-7-8-12(6-5-9-15)10-13(11)16-19(17,18)14(2,3)4/h7-8,10,16H,9,15H2,1-4H3. The number of hydrogen-bond acceptors (Lipinski definition) is 3. The average Bonchev–Trinajstić information content (AvgIpc) is 2.28. The van der Waals surface area contributed by atoms with Crippen molar-refractivity contribution in [1.82, 2.24) is 0 Å². The summed E-state index contributed by atoms with van der Waals surface area (Å²) in [6.07, 6.45) is 0. The lowest BCUT2D eigenvalue weighted by molar-refractivity contribution is 0.566. The van der Waals surface area contributed by atoms with E-state index in [1.807, 2.05) is 19.1 Å². The molecule has 104 valence electrons. The first kappa shape index (κ1) is 15.5. The second-order valence-corrected chi connectivity index (χ2v) is 7.69. The zero-order valence-corrected chi connectivity index (χ0v) is 12.6. The van der Waals surface area contributed by atoms with Crippen molar-refractivity contribution in [3.8, 4) is 11.8 Å². The molecule has 0 aliphatic rings. The van der Waals surface area contributed by atoms with E-state index in [0.717, 1.165) is 11.1 Å². The third-order valence-corrected chi connectivity index (χ3v) is 4.72. The molecule has 0 unspecified atom stereocenters. The van der Waals surface area contributed by atoms with E-state index in [0.29, 0.717) is 5.69 Å². The van der Waals surface area contributed by atoms with Gasteiger partial charge in [-0.15, -0.1) is 0 Å². The van der Waals surface area contributed by atoms with Gasteiger partial charge in [-0.1, -0.05) is 17.9 Å². The van der Waals surface area contributed by atoms with Crippen LogP contribution < -0.4 is 10.5 Å². The molecule has 0 bridgehead atoms. The van der Waals surface area contributed by atoms with Gasteiger partial charge >= 0.3 is 0 Å². The Labute approximate surface area is 115 Å². The minimum Gasteiger partial charge on any atom is -0.320 e. The van der Waals surface area contributed by atoms with Gasteiger partial charge in [0.2, 0.25) is 10.0 Å². The number of aryl methyl sites for hydroxylation is 1. The number of benzene rings is 1. The van der Waals surface area contributed by atoms with E-state index in [2.05, 4.69) is 16.6 Å². The molecule has 0 aromatic heterocycles. The molecule has 4 nitrogen and oxygen atoms in total. The summed E-state index contributed by atoms with van der Waals surface area (Å²) >= 11 is 0. The molecule has 19 heavy (non-hydrogen) atoms. The predicted molar refractivity (Wildman–Crippen MR) is 79.4 cm³/mol. The van der Waals surface area contributed by atoms with Gasteiger partial charge in [0, 0.05) is 5.56 Å². The molecule has 0 fully saturated rings. The minimum atomic E-state index is -3.43. The van der Waals surface area contributed by atoms with Crippen molar-refractivity contribution in [1.29, 1.82) is 0 Å². The summed E-state index contributed by atoms with van der Waals surface area (Å²) < 4.78 is 26.0. The fraction of sp³-hybridized carbons (Fsp3) is 0.429. The highest BCUT2D eigenvalue weighted by Gasteiger charge is 2.29. The van der Waals surface area contributed by atoms with Gasteiger partial charge in [0.1, 0.15) is 0 Å². The number of hydrogen-bond donors (Lipinski definition) is 2. The first-order valence-electron chi connectivity index (χ1n) is 5.99.